The molecular formula is C23H34N2O4. The van der Waals surface area contributed by atoms with Gasteiger partial charge in [0.15, 0.2) is 0 Å². The van der Waals surface area contributed by atoms with Gasteiger partial charge in [0.25, 0.3) is 0 Å². The van der Waals surface area contributed by atoms with Crippen molar-refractivity contribution >= 4 is 12.1 Å². The third kappa shape index (κ3) is 5.50. The number of carbonyl (C=O) groups is 2. The molecule has 0 bridgehead atoms. The van der Waals surface area contributed by atoms with Gasteiger partial charge in [-0.3, -0.25) is 9.80 Å². The van der Waals surface area contributed by atoms with Crippen molar-refractivity contribution in [3.8, 4) is 0 Å². The fraction of sp³-hybridized carbons (Fsp3) is 0.652. The lowest BCUT2D eigenvalue weighted by Gasteiger charge is -2.45. The highest BCUT2D eigenvalue weighted by Crippen LogP contribution is 2.32. The van der Waals surface area contributed by atoms with Crippen molar-refractivity contribution in [3.63, 3.8) is 0 Å². The quantitative estimate of drug-likeness (QED) is 0.720. The van der Waals surface area contributed by atoms with Gasteiger partial charge >= 0.3 is 12.1 Å². The van der Waals surface area contributed by atoms with Gasteiger partial charge in [-0.25, -0.2) is 9.59 Å². The molecule has 1 aromatic rings. The van der Waals surface area contributed by atoms with Crippen LogP contribution in [0.1, 0.15) is 57.9 Å². The Balaban J connectivity index is 1.69. The van der Waals surface area contributed by atoms with Crippen molar-refractivity contribution in [1.82, 2.24) is 9.80 Å². The van der Waals surface area contributed by atoms with E-state index in [4.69, 9.17) is 9.47 Å². The molecule has 6 nitrogen and oxygen atoms in total. The zero-order valence-corrected chi connectivity index (χ0v) is 18.1. The number of nitrogens with zero attached hydrogens (tertiary/aromatic N) is 2. The van der Waals surface area contributed by atoms with Crippen LogP contribution in [-0.4, -0.2) is 66.3 Å². The van der Waals surface area contributed by atoms with Crippen LogP contribution in [0.2, 0.25) is 0 Å². The molecule has 1 unspecified atom stereocenters. The molecule has 29 heavy (non-hydrogen) atoms. The van der Waals surface area contributed by atoms with Crippen molar-refractivity contribution in [3.05, 3.63) is 35.9 Å². The van der Waals surface area contributed by atoms with Crippen LogP contribution >= 0.6 is 0 Å². The summed E-state index contributed by atoms with van der Waals surface area (Å²) in [5.74, 6) is 0.155. The monoisotopic (exact) mass is 402 g/mol. The molecule has 2 aliphatic rings. The first kappa shape index (κ1) is 21.6. The number of carbonyl (C=O) groups excluding carboxylic acids is 2. The third-order valence-corrected chi connectivity index (χ3v) is 5.92. The van der Waals surface area contributed by atoms with Crippen LogP contribution in [0.3, 0.4) is 0 Å². The molecule has 2 heterocycles. The number of likely N-dealkylation sites (tertiary alicyclic amines) is 2. The Morgan fingerprint density at radius 1 is 1.07 bits per heavy atom. The van der Waals surface area contributed by atoms with Gasteiger partial charge in [-0.15, -0.1) is 0 Å². The summed E-state index contributed by atoms with van der Waals surface area (Å²) in [5, 5.41) is 0. The second-order valence-electron chi connectivity index (χ2n) is 9.14. The molecule has 6 heteroatoms. The van der Waals surface area contributed by atoms with Crippen molar-refractivity contribution in [1.29, 1.82) is 0 Å². The molecule has 1 aromatic carbocycles. The van der Waals surface area contributed by atoms with E-state index in [-0.39, 0.29) is 12.0 Å². The van der Waals surface area contributed by atoms with Gasteiger partial charge in [0.2, 0.25) is 0 Å². The smallest absolute Gasteiger partial charge is 0.411 e. The summed E-state index contributed by atoms with van der Waals surface area (Å²) in [4.78, 5) is 29.2. The predicted octanol–water partition coefficient (Wildman–Crippen LogP) is 3.81. The Bertz CT molecular complexity index is 701. The lowest BCUT2D eigenvalue weighted by atomic mass is 9.87. The minimum atomic E-state index is -0.593. The molecule has 0 aromatic heterocycles. The third-order valence-electron chi connectivity index (χ3n) is 5.92. The van der Waals surface area contributed by atoms with Crippen LogP contribution in [0.25, 0.3) is 0 Å². The topological polar surface area (TPSA) is 59.1 Å². The molecule has 0 aliphatic carbocycles. The number of piperidine rings is 2. The average molecular weight is 403 g/mol. The van der Waals surface area contributed by atoms with Crippen LogP contribution < -0.4 is 0 Å². The maximum Gasteiger partial charge on any atom is 0.411 e. The Labute approximate surface area is 174 Å². The van der Waals surface area contributed by atoms with Gasteiger partial charge in [0, 0.05) is 19.1 Å². The summed E-state index contributed by atoms with van der Waals surface area (Å²) in [7, 11) is 1.38. The molecular weight excluding hydrogens is 368 g/mol. The van der Waals surface area contributed by atoms with Crippen LogP contribution in [0.5, 0.6) is 0 Å². The number of esters is 1. The minimum Gasteiger partial charge on any atom is -0.467 e. The van der Waals surface area contributed by atoms with E-state index in [0.717, 1.165) is 25.9 Å². The number of amides is 1. The van der Waals surface area contributed by atoms with Crippen molar-refractivity contribution in [2.75, 3.05) is 26.7 Å². The van der Waals surface area contributed by atoms with E-state index in [0.29, 0.717) is 18.9 Å². The molecule has 1 amide bonds. The summed E-state index contributed by atoms with van der Waals surface area (Å²) in [5.41, 5.74) is 0.789. The van der Waals surface area contributed by atoms with Gasteiger partial charge in [-0.1, -0.05) is 30.3 Å². The van der Waals surface area contributed by atoms with Crippen LogP contribution in [0, 0.1) is 0 Å². The van der Waals surface area contributed by atoms with Crippen LogP contribution in [0.15, 0.2) is 30.3 Å². The molecule has 0 saturated carbocycles. The van der Waals surface area contributed by atoms with Crippen LogP contribution in [0.4, 0.5) is 4.79 Å². The largest absolute Gasteiger partial charge is 0.467 e. The Morgan fingerprint density at radius 2 is 1.79 bits per heavy atom. The summed E-state index contributed by atoms with van der Waals surface area (Å²) in [6.45, 7) is 8.04. The molecule has 160 valence electrons. The number of hydrogen-bond donors (Lipinski definition) is 0. The zero-order chi connectivity index (χ0) is 21.0. The fourth-order valence-corrected chi connectivity index (χ4v) is 4.51. The van der Waals surface area contributed by atoms with E-state index in [1.54, 1.807) is 4.90 Å². The molecule has 3 atom stereocenters. The highest BCUT2D eigenvalue weighted by atomic mass is 16.6. The normalized spacial score (nSPS) is 26.1. The predicted molar refractivity (Wildman–Crippen MR) is 112 cm³/mol. The van der Waals surface area contributed by atoms with Crippen molar-refractivity contribution in [2.45, 2.75) is 70.1 Å². The van der Waals surface area contributed by atoms with E-state index in [1.165, 1.54) is 19.1 Å². The highest BCUT2D eigenvalue weighted by Gasteiger charge is 2.41. The average Bonchev–Trinajstić information content (AvgIpc) is 2.72. The number of ether oxygens (including phenoxy) is 2. The Hall–Kier alpha value is -2.08. The standard InChI is InChI=1S/C23H34N2O4/c1-23(2,3)29-22(27)25-14-12-19(15-20(25)21(26)28-4)24-13-8-11-18(16-24)17-9-6-5-7-10-17/h5-7,9-10,18-20H,8,11-16H2,1-4H3/t18-,19+,20?/m1/s1. The summed E-state index contributed by atoms with van der Waals surface area (Å²) in [6, 6.07) is 10.3. The number of rotatable bonds is 3. The molecule has 0 radical (unpaired) electrons. The highest BCUT2D eigenvalue weighted by molar-refractivity contribution is 5.81. The van der Waals surface area contributed by atoms with Crippen LogP contribution in [-0.2, 0) is 14.3 Å². The van der Waals surface area contributed by atoms with Gasteiger partial charge < -0.3 is 9.47 Å². The van der Waals surface area contributed by atoms with E-state index in [1.807, 2.05) is 20.8 Å². The lowest BCUT2D eigenvalue weighted by Crippen LogP contribution is -2.57. The number of hydrogen-bond acceptors (Lipinski definition) is 5. The second kappa shape index (κ2) is 9.16. The molecule has 2 aliphatic heterocycles. The Kier molecular flexibility index (Phi) is 6.83. The van der Waals surface area contributed by atoms with Crippen molar-refractivity contribution < 1.29 is 19.1 Å². The first-order valence-corrected chi connectivity index (χ1v) is 10.6. The molecule has 3 rings (SSSR count). The van der Waals surface area contributed by atoms with E-state index in [2.05, 4.69) is 35.2 Å². The summed E-state index contributed by atoms with van der Waals surface area (Å²) in [6.07, 6.45) is 3.33. The van der Waals surface area contributed by atoms with Gasteiger partial charge in [-0.2, -0.15) is 0 Å². The second-order valence-corrected chi connectivity index (χ2v) is 9.14. The van der Waals surface area contributed by atoms with Gasteiger partial charge in [0.05, 0.1) is 7.11 Å². The maximum absolute atomic E-state index is 12.6. The lowest BCUT2D eigenvalue weighted by molar-refractivity contribution is -0.149. The molecule has 2 saturated heterocycles. The first-order chi connectivity index (χ1) is 13.8. The Morgan fingerprint density at radius 3 is 2.45 bits per heavy atom. The molecule has 0 spiro atoms. The van der Waals surface area contributed by atoms with Gasteiger partial charge in [0.1, 0.15) is 11.6 Å². The number of benzene rings is 1. The van der Waals surface area contributed by atoms with E-state index in [9.17, 15) is 9.59 Å². The number of methoxy groups -OCH3 is 1. The molecule has 0 N–H and O–H groups in total. The SMILES string of the molecule is COC(=O)C1C[C@@H](N2CCC[C@@H](c3ccccc3)C2)CCN1C(=O)OC(C)(C)C. The zero-order valence-electron chi connectivity index (χ0n) is 18.1. The minimum absolute atomic E-state index is 0.268. The summed E-state index contributed by atoms with van der Waals surface area (Å²) < 4.78 is 10.5. The van der Waals surface area contributed by atoms with E-state index >= 15 is 0 Å². The van der Waals surface area contributed by atoms with Gasteiger partial charge in [-0.05, 0) is 64.5 Å². The van der Waals surface area contributed by atoms with Crippen molar-refractivity contribution in [2.24, 2.45) is 0 Å². The summed E-state index contributed by atoms with van der Waals surface area (Å²) >= 11 is 0. The fourth-order valence-electron chi connectivity index (χ4n) is 4.51. The maximum atomic E-state index is 12.6. The first-order valence-electron chi connectivity index (χ1n) is 10.6. The van der Waals surface area contributed by atoms with E-state index < -0.39 is 17.7 Å². The molecule has 2 fully saturated rings.